The third-order valence-corrected chi connectivity index (χ3v) is 5.16. The van der Waals surface area contributed by atoms with Gasteiger partial charge in [0.05, 0.1) is 33.4 Å². The molecule has 0 bridgehead atoms. The van der Waals surface area contributed by atoms with Crippen LogP contribution in [0.25, 0.3) is 0 Å². The number of hydrogen-bond donors (Lipinski definition) is 3. The predicted molar refractivity (Wildman–Crippen MR) is 106 cm³/mol. The lowest BCUT2D eigenvalue weighted by Crippen LogP contribution is -2.39. The summed E-state index contributed by atoms with van der Waals surface area (Å²) in [6.07, 6.45) is 3.06. The normalized spacial score (nSPS) is 18.4. The highest BCUT2D eigenvalue weighted by Crippen LogP contribution is 2.34. The van der Waals surface area contributed by atoms with E-state index in [1.807, 2.05) is 0 Å². The van der Waals surface area contributed by atoms with Crippen LogP contribution in [0.3, 0.4) is 0 Å². The van der Waals surface area contributed by atoms with Gasteiger partial charge in [-0.3, -0.25) is 14.4 Å². The molecule has 160 valence electrons. The fraction of sp³-hybridized carbons (Fsp3) is 0.550. The third kappa shape index (κ3) is 6.00. The van der Waals surface area contributed by atoms with E-state index in [1.54, 1.807) is 12.1 Å². The van der Waals surface area contributed by atoms with Gasteiger partial charge in [0.25, 0.3) is 5.91 Å². The van der Waals surface area contributed by atoms with E-state index in [0.29, 0.717) is 42.2 Å². The summed E-state index contributed by atoms with van der Waals surface area (Å²) in [4.78, 5) is 35.4. The maximum atomic E-state index is 12.7. The topological polar surface area (TPSA) is 129 Å². The number of nitrogens with one attached hydrogen (secondary N) is 2. The van der Waals surface area contributed by atoms with Gasteiger partial charge in [-0.2, -0.15) is 0 Å². The summed E-state index contributed by atoms with van der Waals surface area (Å²) < 4.78 is 15.8. The van der Waals surface area contributed by atoms with Crippen LogP contribution in [0.4, 0.5) is 0 Å². The Labute approximate surface area is 170 Å². The highest BCUT2D eigenvalue weighted by molar-refractivity contribution is 5.97. The molecule has 1 aromatic carbocycles. The van der Waals surface area contributed by atoms with Gasteiger partial charge in [-0.05, 0) is 31.6 Å². The molecule has 0 aliphatic heterocycles. The van der Waals surface area contributed by atoms with Crippen LogP contribution in [0.2, 0.25) is 0 Å². The summed E-state index contributed by atoms with van der Waals surface area (Å²) in [5, 5.41) is 5.49. The molecule has 4 N–H and O–H groups in total. The van der Waals surface area contributed by atoms with Crippen LogP contribution in [-0.4, -0.2) is 52.1 Å². The van der Waals surface area contributed by atoms with Crippen molar-refractivity contribution in [1.29, 1.82) is 0 Å². The Balaban J connectivity index is 1.89. The molecule has 0 heterocycles. The van der Waals surface area contributed by atoms with Gasteiger partial charge in [-0.15, -0.1) is 0 Å². The lowest BCUT2D eigenvalue weighted by molar-refractivity contribution is -0.128. The largest absolute Gasteiger partial charge is 0.496 e. The van der Waals surface area contributed by atoms with Crippen molar-refractivity contribution in [3.63, 3.8) is 0 Å². The van der Waals surface area contributed by atoms with Crippen molar-refractivity contribution in [1.82, 2.24) is 10.6 Å². The first-order valence-corrected chi connectivity index (χ1v) is 9.53. The summed E-state index contributed by atoms with van der Waals surface area (Å²) in [6, 6.07) is 3.20. The molecule has 0 radical (unpaired) electrons. The molecule has 1 fully saturated rings. The lowest BCUT2D eigenvalue weighted by Gasteiger charge is -2.27. The first-order valence-electron chi connectivity index (χ1n) is 9.53. The molecular weight excluding hydrogens is 378 g/mol. The first-order chi connectivity index (χ1) is 13.9. The second-order valence-corrected chi connectivity index (χ2v) is 7.02. The summed E-state index contributed by atoms with van der Waals surface area (Å²) >= 11 is 0. The number of carbonyl (C=O) groups excluding carboxylic acids is 3. The quantitative estimate of drug-likeness (QED) is 0.557. The van der Waals surface area contributed by atoms with Crippen LogP contribution in [0.5, 0.6) is 17.2 Å². The summed E-state index contributed by atoms with van der Waals surface area (Å²) in [5.41, 5.74) is 5.41. The van der Waals surface area contributed by atoms with Crippen molar-refractivity contribution in [2.45, 2.75) is 25.7 Å². The van der Waals surface area contributed by atoms with Crippen molar-refractivity contribution in [3.05, 3.63) is 17.7 Å². The van der Waals surface area contributed by atoms with Gasteiger partial charge in [0.15, 0.2) is 11.5 Å². The molecule has 1 aliphatic carbocycles. The molecule has 0 spiro atoms. The van der Waals surface area contributed by atoms with E-state index in [1.165, 1.54) is 21.3 Å². The molecule has 1 aromatic rings. The molecule has 0 atom stereocenters. The number of benzene rings is 1. The highest BCUT2D eigenvalue weighted by atomic mass is 16.5. The average Bonchev–Trinajstić information content (AvgIpc) is 2.74. The van der Waals surface area contributed by atoms with Crippen molar-refractivity contribution in [3.8, 4) is 17.2 Å². The molecule has 9 nitrogen and oxygen atoms in total. The van der Waals surface area contributed by atoms with E-state index in [2.05, 4.69) is 10.6 Å². The SMILES string of the molecule is COc1cc(OC)c(C(=O)NCC2CCC(C(=O)NCC(N)=O)CC2)cc1OC. The minimum Gasteiger partial charge on any atom is -0.496 e. The standard InChI is InChI=1S/C20H29N3O6/c1-27-15-9-17(29-3)16(28-2)8-14(15)20(26)22-10-12-4-6-13(7-5-12)19(25)23-11-18(21)24/h8-9,12-13H,4-7,10-11H2,1-3H3,(H2,21,24)(H,22,26)(H,23,25). The van der Waals surface area contributed by atoms with Crippen molar-refractivity contribution in [2.75, 3.05) is 34.4 Å². The van der Waals surface area contributed by atoms with Crippen LogP contribution < -0.4 is 30.6 Å². The van der Waals surface area contributed by atoms with Crippen LogP contribution in [0.15, 0.2) is 12.1 Å². The number of methoxy groups -OCH3 is 3. The zero-order valence-electron chi connectivity index (χ0n) is 17.1. The van der Waals surface area contributed by atoms with E-state index in [9.17, 15) is 14.4 Å². The minimum atomic E-state index is -0.555. The molecule has 0 saturated heterocycles. The Bertz CT molecular complexity index is 744. The zero-order chi connectivity index (χ0) is 21.4. The number of nitrogens with two attached hydrogens (primary N) is 1. The van der Waals surface area contributed by atoms with Crippen molar-refractivity contribution < 1.29 is 28.6 Å². The van der Waals surface area contributed by atoms with Crippen molar-refractivity contribution >= 4 is 17.7 Å². The molecular formula is C20H29N3O6. The maximum absolute atomic E-state index is 12.7. The fourth-order valence-electron chi connectivity index (χ4n) is 3.49. The summed E-state index contributed by atoms with van der Waals surface area (Å²) in [7, 11) is 4.51. The molecule has 29 heavy (non-hydrogen) atoms. The van der Waals surface area contributed by atoms with Gasteiger partial charge in [0, 0.05) is 24.6 Å². The smallest absolute Gasteiger partial charge is 0.255 e. The number of carbonyl (C=O) groups is 3. The Morgan fingerprint density at radius 2 is 1.52 bits per heavy atom. The monoisotopic (exact) mass is 407 g/mol. The van der Waals surface area contributed by atoms with Crippen LogP contribution in [0.1, 0.15) is 36.0 Å². The Morgan fingerprint density at radius 3 is 2.07 bits per heavy atom. The molecule has 1 saturated carbocycles. The fourth-order valence-corrected chi connectivity index (χ4v) is 3.49. The van der Waals surface area contributed by atoms with Gasteiger partial charge in [-0.1, -0.05) is 0 Å². The second kappa shape index (κ2) is 10.5. The van der Waals surface area contributed by atoms with Gasteiger partial charge >= 0.3 is 0 Å². The van der Waals surface area contributed by atoms with Crippen molar-refractivity contribution in [2.24, 2.45) is 17.6 Å². The zero-order valence-corrected chi connectivity index (χ0v) is 17.1. The van der Waals surface area contributed by atoms with E-state index < -0.39 is 5.91 Å². The van der Waals surface area contributed by atoms with Crippen LogP contribution >= 0.6 is 0 Å². The predicted octanol–water partition coefficient (Wildman–Crippen LogP) is 0.850. The number of primary amides is 1. The van der Waals surface area contributed by atoms with E-state index in [0.717, 1.165) is 12.8 Å². The first kappa shape index (κ1) is 22.3. The molecule has 0 unspecified atom stereocenters. The summed E-state index contributed by atoms with van der Waals surface area (Å²) in [6.45, 7) is 0.369. The van der Waals surface area contributed by atoms with Gasteiger partial charge in [0.1, 0.15) is 5.75 Å². The number of ether oxygens (including phenoxy) is 3. The highest BCUT2D eigenvalue weighted by Gasteiger charge is 2.27. The Kier molecular flexibility index (Phi) is 8.11. The van der Waals surface area contributed by atoms with E-state index in [-0.39, 0.29) is 30.2 Å². The molecule has 0 aromatic heterocycles. The number of amides is 3. The average molecular weight is 407 g/mol. The number of rotatable bonds is 9. The molecule has 2 rings (SSSR count). The number of hydrogen-bond acceptors (Lipinski definition) is 6. The maximum Gasteiger partial charge on any atom is 0.255 e. The van der Waals surface area contributed by atoms with E-state index >= 15 is 0 Å². The van der Waals surface area contributed by atoms with E-state index in [4.69, 9.17) is 19.9 Å². The molecule has 3 amide bonds. The Morgan fingerprint density at radius 1 is 0.931 bits per heavy atom. The molecule has 1 aliphatic rings. The second-order valence-electron chi connectivity index (χ2n) is 7.02. The van der Waals surface area contributed by atoms with Gasteiger partial charge in [-0.25, -0.2) is 0 Å². The van der Waals surface area contributed by atoms with Crippen LogP contribution in [-0.2, 0) is 9.59 Å². The minimum absolute atomic E-state index is 0.118. The lowest BCUT2D eigenvalue weighted by atomic mass is 9.81. The Hall–Kier alpha value is -2.97. The molecule has 9 heteroatoms. The van der Waals surface area contributed by atoms with Gasteiger partial charge < -0.3 is 30.6 Å². The summed E-state index contributed by atoms with van der Waals surface area (Å²) in [5.74, 6) is 0.535. The van der Waals surface area contributed by atoms with Gasteiger partial charge in [0.2, 0.25) is 11.8 Å². The third-order valence-electron chi connectivity index (χ3n) is 5.16. The van der Waals surface area contributed by atoms with Crippen LogP contribution in [0, 0.1) is 11.8 Å².